The second-order valence-corrected chi connectivity index (χ2v) is 7.25. The highest BCUT2D eigenvalue weighted by molar-refractivity contribution is 6.31. The third-order valence-corrected chi connectivity index (χ3v) is 5.18. The van der Waals surface area contributed by atoms with E-state index in [1.165, 1.54) is 25.1 Å². The molecule has 3 nitrogen and oxygen atoms in total. The zero-order valence-electron chi connectivity index (χ0n) is 15.1. The third-order valence-electron chi connectivity index (χ3n) is 4.64. The second kappa shape index (κ2) is 8.22. The third kappa shape index (κ3) is 4.34. The fourth-order valence-corrected chi connectivity index (χ4v) is 3.58. The summed E-state index contributed by atoms with van der Waals surface area (Å²) in [4.78, 5) is 3.68. The van der Waals surface area contributed by atoms with E-state index in [2.05, 4.69) is 4.98 Å². The summed E-state index contributed by atoms with van der Waals surface area (Å²) in [7, 11) is 0. The monoisotopic (exact) mass is 441 g/mol. The zero-order chi connectivity index (χ0) is 21.2. The smallest absolute Gasteiger partial charge is 0.422 e. The van der Waals surface area contributed by atoms with Crippen molar-refractivity contribution in [2.24, 2.45) is 0 Å². The average molecular weight is 442 g/mol. The van der Waals surface area contributed by atoms with Gasteiger partial charge in [0.05, 0.1) is 0 Å². The van der Waals surface area contributed by atoms with Gasteiger partial charge in [-0.25, -0.2) is 4.98 Å². The van der Waals surface area contributed by atoms with Gasteiger partial charge in [0.15, 0.2) is 5.60 Å². The maximum Gasteiger partial charge on any atom is 0.422 e. The molecule has 0 radical (unpaired) electrons. The van der Waals surface area contributed by atoms with Crippen LogP contribution in [-0.2, 0) is 5.60 Å². The standard InChI is InChI=1S/C21H16Cl2F3NO2/c1-13(20(28,21(24,25)26)14-9-10-27-19(23)11-14)17-8-7-16(12-18(17)22)29-15-5-3-2-4-6-15/h2-13,28H,1H3. The molecule has 1 N–H and O–H groups in total. The maximum atomic E-state index is 14.0. The first kappa shape index (κ1) is 21.4. The van der Waals surface area contributed by atoms with Crippen LogP contribution in [0.4, 0.5) is 13.2 Å². The molecule has 1 aromatic heterocycles. The number of ether oxygens (including phenoxy) is 1. The summed E-state index contributed by atoms with van der Waals surface area (Å²) in [6, 6.07) is 15.3. The van der Waals surface area contributed by atoms with E-state index in [0.717, 1.165) is 18.3 Å². The van der Waals surface area contributed by atoms with Gasteiger partial charge in [0.2, 0.25) is 0 Å². The minimum absolute atomic E-state index is 0.0359. The summed E-state index contributed by atoms with van der Waals surface area (Å²) < 4.78 is 47.6. The molecule has 29 heavy (non-hydrogen) atoms. The van der Waals surface area contributed by atoms with Crippen LogP contribution in [0.2, 0.25) is 10.2 Å². The number of halogens is 5. The minimum Gasteiger partial charge on any atom is -0.457 e. The Hall–Kier alpha value is -2.28. The van der Waals surface area contributed by atoms with Gasteiger partial charge in [-0.3, -0.25) is 0 Å². The van der Waals surface area contributed by atoms with Crippen molar-refractivity contribution in [3.05, 3.63) is 88.2 Å². The second-order valence-electron chi connectivity index (χ2n) is 6.45. The Kier molecular flexibility index (Phi) is 6.08. The number of aliphatic hydroxyl groups is 1. The lowest BCUT2D eigenvalue weighted by atomic mass is 9.78. The predicted molar refractivity (Wildman–Crippen MR) is 106 cm³/mol. The fourth-order valence-electron chi connectivity index (χ4n) is 3.07. The Morgan fingerprint density at radius 3 is 2.24 bits per heavy atom. The summed E-state index contributed by atoms with van der Waals surface area (Å²) in [6.07, 6.45) is -3.88. The molecule has 0 aliphatic carbocycles. The van der Waals surface area contributed by atoms with Crippen LogP contribution in [0, 0.1) is 0 Å². The van der Waals surface area contributed by atoms with Crippen LogP contribution < -0.4 is 4.74 Å². The quantitative estimate of drug-likeness (QED) is 0.446. The lowest BCUT2D eigenvalue weighted by Gasteiger charge is -2.37. The number of aromatic nitrogens is 1. The van der Waals surface area contributed by atoms with Crippen molar-refractivity contribution >= 4 is 23.2 Å². The van der Waals surface area contributed by atoms with Crippen LogP contribution >= 0.6 is 23.2 Å². The van der Waals surface area contributed by atoms with Crippen molar-refractivity contribution in [1.82, 2.24) is 4.98 Å². The first-order valence-electron chi connectivity index (χ1n) is 8.56. The molecule has 3 aromatic rings. The van der Waals surface area contributed by atoms with Gasteiger partial charge in [0.1, 0.15) is 16.7 Å². The molecular formula is C21H16Cl2F3NO2. The highest BCUT2D eigenvalue weighted by Crippen LogP contribution is 2.50. The SMILES string of the molecule is CC(c1ccc(Oc2ccccc2)cc1Cl)C(O)(c1ccnc(Cl)c1)C(F)(F)F. The van der Waals surface area contributed by atoms with Crippen LogP contribution in [0.1, 0.15) is 24.0 Å². The number of nitrogens with zero attached hydrogens (tertiary/aromatic N) is 1. The Morgan fingerprint density at radius 2 is 1.66 bits per heavy atom. The molecule has 2 aromatic carbocycles. The summed E-state index contributed by atoms with van der Waals surface area (Å²) in [5.74, 6) is -0.513. The van der Waals surface area contributed by atoms with Crippen molar-refractivity contribution in [2.45, 2.75) is 24.6 Å². The number of alkyl halides is 3. The number of hydrogen-bond donors (Lipinski definition) is 1. The summed E-state index contributed by atoms with van der Waals surface area (Å²) in [6.45, 7) is 1.25. The molecule has 0 spiro atoms. The van der Waals surface area contributed by atoms with Gasteiger partial charge in [0.25, 0.3) is 0 Å². The molecule has 0 aliphatic heterocycles. The molecule has 152 valence electrons. The van der Waals surface area contributed by atoms with Crippen LogP contribution in [-0.4, -0.2) is 16.3 Å². The lowest BCUT2D eigenvalue weighted by Crippen LogP contribution is -2.46. The molecule has 1 heterocycles. The summed E-state index contributed by atoms with van der Waals surface area (Å²) in [5.41, 5.74) is -3.52. The fraction of sp³-hybridized carbons (Fsp3) is 0.190. The highest BCUT2D eigenvalue weighted by atomic mass is 35.5. The molecule has 8 heteroatoms. The van der Waals surface area contributed by atoms with Crippen LogP contribution in [0.15, 0.2) is 66.9 Å². The van der Waals surface area contributed by atoms with E-state index in [4.69, 9.17) is 27.9 Å². The molecule has 0 amide bonds. The average Bonchev–Trinajstić information content (AvgIpc) is 2.67. The predicted octanol–water partition coefficient (Wildman–Crippen LogP) is 6.73. The first-order chi connectivity index (χ1) is 13.6. The van der Waals surface area contributed by atoms with Gasteiger partial charge in [-0.05, 0) is 47.5 Å². The van der Waals surface area contributed by atoms with Crippen molar-refractivity contribution in [3.63, 3.8) is 0 Å². The normalized spacial score (nSPS) is 14.9. The Bertz CT molecular complexity index is 999. The molecule has 0 aliphatic rings. The van der Waals surface area contributed by atoms with E-state index in [0.29, 0.717) is 11.5 Å². The zero-order valence-corrected chi connectivity index (χ0v) is 16.6. The number of rotatable bonds is 5. The van der Waals surface area contributed by atoms with Crippen LogP contribution in [0.25, 0.3) is 0 Å². The maximum absolute atomic E-state index is 14.0. The van der Waals surface area contributed by atoms with Gasteiger partial charge in [0, 0.05) is 17.1 Å². The topological polar surface area (TPSA) is 42.4 Å². The van der Waals surface area contributed by atoms with Gasteiger partial charge in [-0.2, -0.15) is 13.2 Å². The molecule has 2 atom stereocenters. The number of pyridine rings is 1. The Labute approximate surface area is 175 Å². The largest absolute Gasteiger partial charge is 0.457 e. The van der Waals surface area contributed by atoms with Gasteiger partial charge >= 0.3 is 6.18 Å². The van der Waals surface area contributed by atoms with E-state index in [9.17, 15) is 18.3 Å². The van der Waals surface area contributed by atoms with Crippen molar-refractivity contribution < 1.29 is 23.0 Å². The Morgan fingerprint density at radius 1 is 0.966 bits per heavy atom. The lowest BCUT2D eigenvalue weighted by molar-refractivity contribution is -0.274. The van der Waals surface area contributed by atoms with Crippen molar-refractivity contribution in [1.29, 1.82) is 0 Å². The highest BCUT2D eigenvalue weighted by Gasteiger charge is 2.59. The van der Waals surface area contributed by atoms with Crippen molar-refractivity contribution in [3.8, 4) is 11.5 Å². The number of benzene rings is 2. The molecular weight excluding hydrogens is 426 g/mol. The minimum atomic E-state index is -4.99. The van der Waals surface area contributed by atoms with E-state index in [1.54, 1.807) is 24.3 Å². The van der Waals surface area contributed by atoms with Crippen LogP contribution in [0.3, 0.4) is 0 Å². The van der Waals surface area contributed by atoms with Crippen molar-refractivity contribution in [2.75, 3.05) is 0 Å². The summed E-state index contributed by atoms with van der Waals surface area (Å²) >= 11 is 12.0. The van der Waals surface area contributed by atoms with Crippen LogP contribution in [0.5, 0.6) is 11.5 Å². The number of hydrogen-bond acceptors (Lipinski definition) is 3. The number of para-hydroxylation sites is 1. The van der Waals surface area contributed by atoms with Gasteiger partial charge in [-0.1, -0.05) is 54.4 Å². The van der Waals surface area contributed by atoms with E-state index in [-0.39, 0.29) is 15.7 Å². The van der Waals surface area contributed by atoms with E-state index in [1.807, 2.05) is 6.07 Å². The molecule has 2 unspecified atom stereocenters. The first-order valence-corrected chi connectivity index (χ1v) is 9.32. The molecule has 0 saturated heterocycles. The molecule has 0 fully saturated rings. The Balaban J connectivity index is 1.99. The summed E-state index contributed by atoms with van der Waals surface area (Å²) in [5, 5.41) is 10.7. The van der Waals surface area contributed by atoms with Gasteiger partial charge in [-0.15, -0.1) is 0 Å². The van der Waals surface area contributed by atoms with E-state index < -0.39 is 23.3 Å². The van der Waals surface area contributed by atoms with Gasteiger partial charge < -0.3 is 9.84 Å². The molecule has 3 rings (SSSR count). The molecule has 0 saturated carbocycles. The molecule has 0 bridgehead atoms. The van der Waals surface area contributed by atoms with E-state index >= 15 is 0 Å².